The largest absolute Gasteiger partial charge is 0.493 e. The van der Waals surface area contributed by atoms with Crippen molar-refractivity contribution >= 4 is 5.97 Å². The number of hydrogen-bond donors (Lipinski definition) is 1. The third-order valence-corrected chi connectivity index (χ3v) is 7.38. The smallest absolute Gasteiger partial charge is 0.338 e. The maximum Gasteiger partial charge on any atom is 0.338 e. The van der Waals surface area contributed by atoms with Crippen LogP contribution in [-0.2, 0) is 16.1 Å². The molecule has 0 spiro atoms. The quantitative estimate of drug-likeness (QED) is 0.651. The molecule has 0 unspecified atom stereocenters. The number of cyclic esters (lactones) is 1. The monoisotopic (exact) mass is 481 g/mol. The lowest BCUT2D eigenvalue weighted by molar-refractivity contribution is -0.0943. The molecule has 9 heteroatoms. The maximum atomic E-state index is 14.6. The number of carbonyl (C=O) groups excluding carboxylic acids is 1. The molecule has 0 aliphatic carbocycles. The number of aliphatic hydroxyl groups excluding tert-OH is 1. The third kappa shape index (κ3) is 4.28. The molecule has 0 bridgehead atoms. The molecule has 3 atom stereocenters. The van der Waals surface area contributed by atoms with Crippen LogP contribution in [0.3, 0.4) is 0 Å². The molecule has 0 radical (unpaired) electrons. The van der Waals surface area contributed by atoms with Gasteiger partial charge in [0.15, 0.2) is 11.6 Å². The fourth-order valence-electron chi connectivity index (χ4n) is 5.39. The summed E-state index contributed by atoms with van der Waals surface area (Å²) in [5.41, 5.74) is 3.72. The van der Waals surface area contributed by atoms with E-state index >= 15 is 0 Å². The molecule has 2 fully saturated rings. The molecule has 1 N–H and O–H groups in total. The molecule has 3 heterocycles. The van der Waals surface area contributed by atoms with E-state index in [0.717, 1.165) is 36.3 Å². The van der Waals surface area contributed by atoms with E-state index in [0.29, 0.717) is 30.8 Å². The van der Waals surface area contributed by atoms with Gasteiger partial charge in [0.25, 0.3) is 0 Å². The van der Waals surface area contributed by atoms with Crippen LogP contribution in [0.4, 0.5) is 4.39 Å². The van der Waals surface area contributed by atoms with Crippen LogP contribution in [0.15, 0.2) is 24.3 Å². The van der Waals surface area contributed by atoms with Crippen molar-refractivity contribution in [2.24, 2.45) is 0 Å². The van der Waals surface area contributed by atoms with Gasteiger partial charge in [0.05, 0.1) is 37.1 Å². The van der Waals surface area contributed by atoms with Gasteiger partial charge in [-0.2, -0.15) is 5.26 Å². The number of halogens is 1. The van der Waals surface area contributed by atoms with E-state index in [9.17, 15) is 14.3 Å². The summed E-state index contributed by atoms with van der Waals surface area (Å²) in [7, 11) is 1.40. The van der Waals surface area contributed by atoms with Crippen molar-refractivity contribution in [1.82, 2.24) is 9.80 Å². The van der Waals surface area contributed by atoms with E-state index in [4.69, 9.17) is 19.5 Å². The number of benzene rings is 2. The van der Waals surface area contributed by atoms with E-state index < -0.39 is 11.9 Å². The normalized spacial score (nSPS) is 23.2. The minimum Gasteiger partial charge on any atom is -0.493 e. The lowest BCUT2D eigenvalue weighted by Crippen LogP contribution is -2.58. The van der Waals surface area contributed by atoms with Gasteiger partial charge in [-0.1, -0.05) is 12.1 Å². The van der Waals surface area contributed by atoms with E-state index in [2.05, 4.69) is 9.80 Å². The van der Waals surface area contributed by atoms with Gasteiger partial charge in [-0.15, -0.1) is 0 Å². The summed E-state index contributed by atoms with van der Waals surface area (Å²) < 4.78 is 31.1. The van der Waals surface area contributed by atoms with Crippen LogP contribution in [0.25, 0.3) is 0 Å². The highest BCUT2D eigenvalue weighted by atomic mass is 19.1. The zero-order valence-electron chi connectivity index (χ0n) is 19.8. The van der Waals surface area contributed by atoms with Gasteiger partial charge in [-0.3, -0.25) is 9.80 Å². The number of aliphatic hydroxyl groups is 1. The van der Waals surface area contributed by atoms with Gasteiger partial charge in [0, 0.05) is 49.9 Å². The molecule has 0 amide bonds. The molecule has 2 aromatic carbocycles. The summed E-state index contributed by atoms with van der Waals surface area (Å²) in [6, 6.07) is 8.73. The van der Waals surface area contributed by atoms with Gasteiger partial charge in [0.1, 0.15) is 12.7 Å². The summed E-state index contributed by atoms with van der Waals surface area (Å²) >= 11 is 0. The summed E-state index contributed by atoms with van der Waals surface area (Å²) in [4.78, 5) is 16.4. The Kier molecular flexibility index (Phi) is 6.47. The first-order valence-electron chi connectivity index (χ1n) is 11.7. The molecule has 2 aromatic rings. The molecule has 35 heavy (non-hydrogen) atoms. The van der Waals surface area contributed by atoms with Crippen molar-refractivity contribution < 1.29 is 28.5 Å². The number of ether oxygens (including phenoxy) is 3. The average molecular weight is 482 g/mol. The Morgan fingerprint density at radius 3 is 2.89 bits per heavy atom. The molecular formula is C26H28FN3O5. The first-order valence-corrected chi connectivity index (χ1v) is 11.7. The Labute approximate surface area is 203 Å². The van der Waals surface area contributed by atoms with Crippen molar-refractivity contribution in [3.05, 3.63) is 63.5 Å². The highest BCUT2D eigenvalue weighted by Gasteiger charge is 2.36. The highest BCUT2D eigenvalue weighted by Crippen LogP contribution is 2.36. The van der Waals surface area contributed by atoms with Crippen molar-refractivity contribution in [3.63, 3.8) is 0 Å². The predicted molar refractivity (Wildman–Crippen MR) is 123 cm³/mol. The zero-order chi connectivity index (χ0) is 24.7. The Bertz CT molecular complexity index is 1200. The molecule has 2 saturated heterocycles. The average Bonchev–Trinajstić information content (AvgIpc) is 3.25. The number of nitrogens with zero attached hydrogens (tertiary/aromatic N) is 3. The summed E-state index contributed by atoms with van der Waals surface area (Å²) in [6.45, 7) is 6.06. The fraction of sp³-hybridized carbons (Fsp3) is 0.462. The van der Waals surface area contributed by atoms with Gasteiger partial charge >= 0.3 is 5.97 Å². The lowest BCUT2D eigenvalue weighted by Gasteiger charge is -2.46. The molecule has 184 valence electrons. The number of fused-ring (bicyclic) bond motifs is 2. The standard InChI is InChI=1S/C26H28FN3O5/c1-15-18(5-6-19-21(15)14-35-26(19)32)22(31)11-29-7-8-30-12-23(34-13-17(30)10-29)20-4-3-16(9-28)24(27)25(20)33-2/h3-6,17,22-23,31H,7-8,10-14H2,1-2H3/t17-,22+,23-/m0/s1. The Morgan fingerprint density at radius 1 is 1.29 bits per heavy atom. The number of hydrogen-bond acceptors (Lipinski definition) is 8. The van der Waals surface area contributed by atoms with Gasteiger partial charge in [-0.05, 0) is 30.2 Å². The highest BCUT2D eigenvalue weighted by molar-refractivity contribution is 5.93. The molecule has 3 aliphatic rings. The number of piperazine rings is 1. The third-order valence-electron chi connectivity index (χ3n) is 7.38. The minimum absolute atomic E-state index is 0.0517. The Balaban J connectivity index is 1.23. The van der Waals surface area contributed by atoms with Crippen molar-refractivity contribution in [3.8, 4) is 11.8 Å². The van der Waals surface area contributed by atoms with Crippen LogP contribution < -0.4 is 4.74 Å². The van der Waals surface area contributed by atoms with Crippen molar-refractivity contribution in [1.29, 1.82) is 5.26 Å². The minimum atomic E-state index is -0.675. The second-order valence-electron chi connectivity index (χ2n) is 9.29. The molecule has 3 aliphatic heterocycles. The first-order chi connectivity index (χ1) is 16.9. The maximum absolute atomic E-state index is 14.6. The van der Waals surface area contributed by atoms with Crippen LogP contribution in [0, 0.1) is 24.1 Å². The van der Waals surface area contributed by atoms with Crippen LogP contribution in [0.2, 0.25) is 0 Å². The summed E-state index contributed by atoms with van der Waals surface area (Å²) in [5.74, 6) is -0.905. The van der Waals surface area contributed by atoms with Crippen LogP contribution in [0.5, 0.6) is 5.75 Å². The molecule has 0 aromatic heterocycles. The van der Waals surface area contributed by atoms with Gasteiger partial charge in [0.2, 0.25) is 0 Å². The molecule has 0 saturated carbocycles. The Morgan fingerprint density at radius 2 is 2.11 bits per heavy atom. The molecule has 8 nitrogen and oxygen atoms in total. The van der Waals surface area contributed by atoms with Crippen LogP contribution >= 0.6 is 0 Å². The topological polar surface area (TPSA) is 95.3 Å². The second-order valence-corrected chi connectivity index (χ2v) is 9.29. The number of esters is 1. The zero-order valence-corrected chi connectivity index (χ0v) is 19.8. The molecular weight excluding hydrogens is 453 g/mol. The van der Waals surface area contributed by atoms with E-state index in [1.165, 1.54) is 13.2 Å². The van der Waals surface area contributed by atoms with Gasteiger partial charge < -0.3 is 19.3 Å². The first kappa shape index (κ1) is 23.7. The lowest BCUT2D eigenvalue weighted by atomic mass is 9.95. The van der Waals surface area contributed by atoms with Gasteiger partial charge in [-0.25, -0.2) is 9.18 Å². The second kappa shape index (κ2) is 9.55. The van der Waals surface area contributed by atoms with Crippen LogP contribution in [-0.4, -0.2) is 73.4 Å². The van der Waals surface area contributed by atoms with E-state index in [-0.39, 0.29) is 36.0 Å². The Hall–Kier alpha value is -3.03. The van der Waals surface area contributed by atoms with Crippen molar-refractivity contribution in [2.45, 2.75) is 31.8 Å². The SMILES string of the molecule is COc1c([C@@H]2CN3CCN(C[C@@H](O)c4ccc5c(c4C)COC5=O)C[C@H]3CO2)ccc(C#N)c1F. The number of methoxy groups -OCH3 is 1. The summed E-state index contributed by atoms with van der Waals surface area (Å²) in [5, 5.41) is 20.1. The van der Waals surface area contributed by atoms with E-state index in [1.807, 2.05) is 19.1 Å². The molecule has 5 rings (SSSR count). The van der Waals surface area contributed by atoms with Crippen molar-refractivity contribution in [2.75, 3.05) is 46.4 Å². The number of rotatable bonds is 5. The summed E-state index contributed by atoms with van der Waals surface area (Å²) in [6.07, 6.45) is -1.02. The van der Waals surface area contributed by atoms with Crippen LogP contribution in [0.1, 0.15) is 50.4 Å². The predicted octanol–water partition coefficient (Wildman–Crippen LogP) is 2.48. The number of carbonyl (C=O) groups is 1. The number of β-amino-alcohol motifs (C(OH)–C–C–N with tert-alkyl or cyclic N) is 1. The van der Waals surface area contributed by atoms with E-state index in [1.54, 1.807) is 12.1 Å². The fourth-order valence-corrected chi connectivity index (χ4v) is 5.39. The number of morpholine rings is 1. The number of nitriles is 1.